The van der Waals surface area contributed by atoms with Gasteiger partial charge in [0.15, 0.2) is 110 Å². The van der Waals surface area contributed by atoms with Crippen molar-refractivity contribution in [1.29, 1.82) is 0 Å². The number of aliphatic hydroxyl groups excluding tert-OH is 1. The van der Waals surface area contributed by atoms with E-state index in [9.17, 15) is 13.5 Å². The van der Waals surface area contributed by atoms with Crippen LogP contribution in [-0.2, 0) is 85.6 Å². The summed E-state index contributed by atoms with van der Waals surface area (Å²) in [6, 6.07) is 65.0. The van der Waals surface area contributed by atoms with Crippen LogP contribution in [0.15, 0.2) is 286 Å². The minimum atomic E-state index is -4.15. The zero-order valence-electron chi connectivity index (χ0n) is 64.2. The Morgan fingerprint density at radius 2 is 0.882 bits per heavy atom. The molecule has 1 unspecified atom stereocenters. The fourth-order valence-electron chi connectivity index (χ4n) is 10.2. The molecule has 0 fully saturated rings. The van der Waals surface area contributed by atoms with Crippen molar-refractivity contribution in [1.82, 2.24) is 0 Å². The number of fused-ring (bicyclic) bond motifs is 1. The molecule has 12 rings (SSSR count). The number of hydrogen-bond acceptors (Lipinski definition) is 5. The van der Waals surface area contributed by atoms with Crippen LogP contribution in [-0.4, -0.2) is 37.3 Å². The van der Waals surface area contributed by atoms with Gasteiger partial charge in [-0.15, -0.1) is 0 Å². The Balaban J connectivity index is 0.000000247. The standard InChI is InChI=1S/C19H18N.C10H9NO3S.C9H14NO.2C9H14N.C8H13N2.C8H12NO.2C7H10N/c1-20-14-12-18(13-15-20)19(16-8-4-2-5-9-16)17-10-6-3-7-11-17;1-11-6-5-9-8(7-11)3-2-4-10(9)15(12,13)14;1-9(2,11)8-4-6-10(3)7-5-8;1-7-5-8(2)10(4)9(3)6-7;1-3-6-9-7-4-5-8-10(9)2;1-9(2)8-4-6-10(3)7-5-8;1-7(10)8-3-5-9(2)6-4-8;1-7-4-3-5-8(2)6-7;1-7-5-3-4-6-8(7)2/h2-15,19H,1H3;2-7H,1H3;4-7,11H,1-3H3;5-6H,1-4H3;4-5,7-8H,3,6H2,1-2H3;4-7H,1-3H3;3-7,10H,1-2H3;2*3-6H,1-2H3/q+1;;7*+1/p+1. The molecule has 0 spiro atoms. The zero-order valence-corrected chi connectivity index (χ0v) is 65.0. The summed E-state index contributed by atoms with van der Waals surface area (Å²) in [6.45, 7) is 18.1. The van der Waals surface area contributed by atoms with E-state index < -0.39 is 15.7 Å². The van der Waals surface area contributed by atoms with E-state index in [0.29, 0.717) is 11.3 Å². The van der Waals surface area contributed by atoms with Crippen molar-refractivity contribution in [2.75, 3.05) is 19.0 Å². The molecule has 0 aliphatic rings. The smallest absolute Gasteiger partial charge is 0.295 e. The number of anilines is 1. The summed E-state index contributed by atoms with van der Waals surface area (Å²) in [5, 5.41) is 20.0. The normalized spacial score (nSPS) is 10.7. The van der Waals surface area contributed by atoms with Crippen molar-refractivity contribution in [3.63, 3.8) is 0 Å². The quantitative estimate of drug-likeness (QED) is 0.0974. The van der Waals surface area contributed by atoms with Crippen LogP contribution in [0.3, 0.4) is 0 Å². The molecule has 0 saturated carbocycles. The van der Waals surface area contributed by atoms with E-state index >= 15 is 0 Å². The lowest BCUT2D eigenvalue weighted by Crippen LogP contribution is -2.35. The third-order valence-electron chi connectivity index (χ3n) is 16.5. The Bertz CT molecular complexity index is 4370. The molecule has 102 heavy (non-hydrogen) atoms. The van der Waals surface area contributed by atoms with Gasteiger partial charge in [0.1, 0.15) is 68.3 Å². The number of aryl methyl sites for hydroxylation is 14. The first-order valence-corrected chi connectivity index (χ1v) is 35.8. The summed E-state index contributed by atoms with van der Waals surface area (Å²) in [5.41, 5.74) is 14.3. The molecule has 0 radical (unpaired) electrons. The Kier molecular flexibility index (Phi) is 35.4. The van der Waals surface area contributed by atoms with E-state index in [4.69, 9.17) is 9.66 Å². The van der Waals surface area contributed by atoms with Gasteiger partial charge in [-0.2, -0.15) is 8.42 Å². The van der Waals surface area contributed by atoms with Gasteiger partial charge in [-0.3, -0.25) is 4.55 Å². The van der Waals surface area contributed by atoms with Crippen molar-refractivity contribution in [3.8, 4) is 0 Å². The number of pyridine rings is 9. The SMILES string of the molecule is CC(O)c1cc[n+](C)cc1.CCCc1cccc[n+]1C.CN(C)c1cc[n+](C)cc1.C[n+]1ccc(C(C)(C)O)cc1.C[n+]1ccc(C(c2ccccc2)c2ccccc2)cc1.C[n+]1ccc2c(S(=O)(=O)O)cccc2c1.Cc1cc(C)[n+](C)c(C)c1.Cc1ccc[n+](C)c1.Cc1cccc[n+]1C. The second-order valence-corrected chi connectivity index (χ2v) is 27.6. The maximum Gasteiger partial charge on any atom is 0.295 e. The van der Waals surface area contributed by atoms with Crippen LogP contribution in [0.4, 0.5) is 5.69 Å². The van der Waals surface area contributed by atoms with Crippen molar-refractivity contribution in [2.24, 2.45) is 63.4 Å². The highest BCUT2D eigenvalue weighted by atomic mass is 32.2. The largest absolute Gasteiger partial charge is 0.389 e. The number of benzene rings is 3. The van der Waals surface area contributed by atoms with Gasteiger partial charge in [0.2, 0.25) is 0 Å². The van der Waals surface area contributed by atoms with Gasteiger partial charge in [-0.1, -0.05) is 85.8 Å². The molecule has 0 saturated heterocycles. The number of rotatable bonds is 9. The lowest BCUT2D eigenvalue weighted by atomic mass is 9.86. The second kappa shape index (κ2) is 42.9. The minimum absolute atomic E-state index is 0.0550. The van der Waals surface area contributed by atoms with Crippen molar-refractivity contribution >= 4 is 26.6 Å². The van der Waals surface area contributed by atoms with Crippen LogP contribution in [0.1, 0.15) is 108 Å². The summed E-state index contributed by atoms with van der Waals surface area (Å²) in [7, 11) is 18.0. The second-order valence-electron chi connectivity index (χ2n) is 26.2. The van der Waals surface area contributed by atoms with Crippen LogP contribution in [0.25, 0.3) is 10.8 Å². The average molecular weight is 1400 g/mol. The minimum Gasteiger partial charge on any atom is -0.389 e. The van der Waals surface area contributed by atoms with E-state index in [0.717, 1.165) is 16.5 Å². The van der Waals surface area contributed by atoms with Gasteiger partial charge >= 0.3 is 0 Å². The van der Waals surface area contributed by atoms with Crippen molar-refractivity contribution < 1.29 is 64.3 Å². The maximum absolute atomic E-state index is 11.1. The van der Waals surface area contributed by atoms with Crippen LogP contribution in [0, 0.1) is 34.6 Å². The van der Waals surface area contributed by atoms with Gasteiger partial charge in [0.05, 0.1) is 11.7 Å². The third kappa shape index (κ3) is 30.8. The predicted octanol–water partition coefficient (Wildman–Crippen LogP) is 11.0. The number of aromatic nitrogens is 9. The van der Waals surface area contributed by atoms with E-state index in [1.807, 2.05) is 178 Å². The summed E-state index contributed by atoms with van der Waals surface area (Å²) < 4.78 is 49.4. The molecule has 0 aliphatic carbocycles. The average Bonchev–Trinajstić information content (AvgIpc) is 0.800. The Hall–Kier alpha value is -10.1. The molecule has 3 aromatic carbocycles. The van der Waals surface area contributed by atoms with Gasteiger partial charge in [0, 0.05) is 166 Å². The molecule has 9 aromatic heterocycles. The molecule has 15 nitrogen and oxygen atoms in total. The zero-order chi connectivity index (χ0) is 75.5. The maximum atomic E-state index is 11.1. The Labute approximate surface area is 610 Å². The number of hydrogen-bond donors (Lipinski definition) is 3. The predicted molar refractivity (Wildman–Crippen MR) is 408 cm³/mol. The molecule has 0 amide bonds. The molecular formula is C86H115N10O5S+9. The van der Waals surface area contributed by atoms with Crippen LogP contribution in [0.5, 0.6) is 0 Å². The summed E-state index contributed by atoms with van der Waals surface area (Å²) in [6.07, 6.45) is 29.8. The van der Waals surface area contributed by atoms with E-state index in [1.54, 1.807) is 51.4 Å². The van der Waals surface area contributed by atoms with Gasteiger partial charge < -0.3 is 15.1 Å². The Morgan fingerprint density at radius 3 is 1.29 bits per heavy atom. The molecule has 9 heterocycles. The molecule has 536 valence electrons. The Morgan fingerprint density at radius 1 is 0.441 bits per heavy atom. The van der Waals surface area contributed by atoms with E-state index in [2.05, 4.69) is 231 Å². The first kappa shape index (κ1) is 84.3. The van der Waals surface area contributed by atoms with Crippen LogP contribution in [0.2, 0.25) is 0 Å². The first-order valence-electron chi connectivity index (χ1n) is 34.3. The van der Waals surface area contributed by atoms with Crippen molar-refractivity contribution in [2.45, 2.75) is 97.7 Å². The number of nitrogens with zero attached hydrogens (tertiary/aromatic N) is 10. The van der Waals surface area contributed by atoms with Crippen LogP contribution < -0.4 is 46.0 Å². The monoisotopic (exact) mass is 1400 g/mol. The fourth-order valence-corrected chi connectivity index (χ4v) is 10.9. The van der Waals surface area contributed by atoms with Crippen LogP contribution >= 0.6 is 0 Å². The van der Waals surface area contributed by atoms with Gasteiger partial charge in [0.25, 0.3) is 10.1 Å². The van der Waals surface area contributed by atoms with Gasteiger partial charge in [-0.25, -0.2) is 41.1 Å². The highest BCUT2D eigenvalue weighted by Crippen LogP contribution is 2.31. The number of aliphatic hydroxyl groups is 2. The molecule has 0 bridgehead atoms. The third-order valence-corrected chi connectivity index (χ3v) is 17.4. The topological polar surface area (TPSA) is 133 Å². The van der Waals surface area contributed by atoms with Crippen molar-refractivity contribution in [3.05, 3.63) is 343 Å². The molecule has 0 aliphatic heterocycles. The van der Waals surface area contributed by atoms with E-state index in [-0.39, 0.29) is 11.0 Å². The summed E-state index contributed by atoms with van der Waals surface area (Å²) in [4.78, 5) is 2.03. The lowest BCUT2D eigenvalue weighted by molar-refractivity contribution is -0.683. The molecule has 12 aromatic rings. The first-order chi connectivity index (χ1) is 48.3. The molecular weight excluding hydrogens is 1290 g/mol. The molecule has 16 heteroatoms. The summed E-state index contributed by atoms with van der Waals surface area (Å²) in [5.74, 6) is 0.290. The summed E-state index contributed by atoms with van der Waals surface area (Å²) >= 11 is 0. The van der Waals surface area contributed by atoms with Gasteiger partial charge in [-0.05, 0) is 92.6 Å². The molecule has 3 N–H and O–H groups in total. The van der Waals surface area contributed by atoms with E-state index in [1.165, 1.54) is 75.2 Å². The highest BCUT2D eigenvalue weighted by molar-refractivity contribution is 7.86. The molecule has 1 atom stereocenters. The highest BCUT2D eigenvalue weighted by Gasteiger charge is 2.19. The lowest BCUT2D eigenvalue weighted by Gasteiger charge is -2.18. The fraction of sp³-hybridized carbons (Fsp3) is 0.291.